The van der Waals surface area contributed by atoms with Gasteiger partial charge < -0.3 is 29.0 Å². The fourth-order valence-corrected chi connectivity index (χ4v) is 4.70. The maximum absolute atomic E-state index is 13.4. The molecule has 10 heteroatoms. The number of anilines is 2. The van der Waals surface area contributed by atoms with Gasteiger partial charge >= 0.3 is 5.97 Å². The lowest BCUT2D eigenvalue weighted by Gasteiger charge is -2.22. The summed E-state index contributed by atoms with van der Waals surface area (Å²) in [6.45, 7) is 0.496. The van der Waals surface area contributed by atoms with Crippen molar-refractivity contribution in [1.29, 1.82) is 0 Å². The molecular weight excluding hydrogens is 534 g/mol. The van der Waals surface area contributed by atoms with E-state index in [0.29, 0.717) is 28.7 Å². The number of nitrogens with one attached hydrogen (secondary N) is 1. The molecule has 0 unspecified atom stereocenters. The minimum Gasteiger partial charge on any atom is -0.496 e. The van der Waals surface area contributed by atoms with E-state index in [1.165, 1.54) is 20.3 Å². The molecule has 0 saturated carbocycles. The van der Waals surface area contributed by atoms with Crippen LogP contribution in [0.3, 0.4) is 0 Å². The topological polar surface area (TPSA) is 99.1 Å². The van der Waals surface area contributed by atoms with Crippen molar-refractivity contribution in [3.8, 4) is 11.5 Å². The van der Waals surface area contributed by atoms with Crippen LogP contribution in [0.1, 0.15) is 32.1 Å². The van der Waals surface area contributed by atoms with Gasteiger partial charge in [0.15, 0.2) is 6.61 Å². The van der Waals surface area contributed by atoms with E-state index < -0.39 is 5.97 Å². The predicted molar refractivity (Wildman–Crippen MR) is 150 cm³/mol. The molecule has 0 saturated heterocycles. The molecule has 204 valence electrons. The highest BCUT2D eigenvalue weighted by atomic mass is 35.5. The molecule has 5 rings (SSSR count). The highest BCUT2D eigenvalue weighted by molar-refractivity contribution is 6.30. The van der Waals surface area contributed by atoms with Gasteiger partial charge in [0.2, 0.25) is 0 Å². The number of aromatic nitrogens is 1. The van der Waals surface area contributed by atoms with Gasteiger partial charge in [0.05, 0.1) is 27.3 Å². The Kier molecular flexibility index (Phi) is 7.75. The van der Waals surface area contributed by atoms with Gasteiger partial charge in [-0.3, -0.25) is 9.59 Å². The van der Waals surface area contributed by atoms with Crippen LogP contribution < -0.4 is 19.7 Å². The number of carbonyl (C=O) groups excluding carboxylic acids is 3. The summed E-state index contributed by atoms with van der Waals surface area (Å²) in [6.07, 6.45) is 0. The lowest BCUT2D eigenvalue weighted by molar-refractivity contribution is -0.120. The van der Waals surface area contributed by atoms with Crippen LogP contribution in [-0.4, -0.2) is 43.2 Å². The summed E-state index contributed by atoms with van der Waals surface area (Å²) in [7, 11) is 2.72. The average Bonchev–Trinajstić information content (AvgIpc) is 3.29. The van der Waals surface area contributed by atoms with E-state index in [-0.39, 0.29) is 36.3 Å². The Hall–Kier alpha value is -4.76. The molecule has 0 spiro atoms. The molecule has 4 aromatic rings. The number of hydrogen-bond donors (Lipinski definition) is 1. The lowest BCUT2D eigenvalue weighted by atomic mass is 10.1. The van der Waals surface area contributed by atoms with Crippen LogP contribution in [0.2, 0.25) is 5.02 Å². The van der Waals surface area contributed by atoms with E-state index in [4.69, 9.17) is 25.8 Å². The van der Waals surface area contributed by atoms with E-state index >= 15 is 0 Å². The Morgan fingerprint density at radius 1 is 0.925 bits per heavy atom. The number of halogens is 1. The summed E-state index contributed by atoms with van der Waals surface area (Å²) in [5.74, 6) is -0.284. The lowest BCUT2D eigenvalue weighted by Crippen LogP contribution is -2.34. The maximum Gasteiger partial charge on any atom is 0.341 e. The summed E-state index contributed by atoms with van der Waals surface area (Å²) in [6, 6.07) is 22.7. The number of methoxy groups -OCH3 is 2. The Morgan fingerprint density at radius 3 is 2.45 bits per heavy atom. The second-order valence-electron chi connectivity index (χ2n) is 9.01. The summed E-state index contributed by atoms with van der Waals surface area (Å²) in [4.78, 5) is 40.4. The van der Waals surface area contributed by atoms with Gasteiger partial charge in [-0.25, -0.2) is 4.79 Å². The Morgan fingerprint density at radius 2 is 1.70 bits per heavy atom. The molecule has 0 atom stereocenters. The van der Waals surface area contributed by atoms with Crippen molar-refractivity contribution in [1.82, 2.24) is 4.57 Å². The molecule has 40 heavy (non-hydrogen) atoms. The van der Waals surface area contributed by atoms with Gasteiger partial charge in [-0.1, -0.05) is 29.8 Å². The maximum atomic E-state index is 13.4. The van der Waals surface area contributed by atoms with Crippen LogP contribution >= 0.6 is 11.6 Å². The molecule has 1 aliphatic rings. The van der Waals surface area contributed by atoms with Crippen molar-refractivity contribution in [2.45, 2.75) is 13.1 Å². The minimum atomic E-state index is -0.539. The molecule has 9 nitrogen and oxygen atoms in total. The summed E-state index contributed by atoms with van der Waals surface area (Å²) >= 11 is 5.94. The number of hydrogen-bond acceptors (Lipinski definition) is 6. The van der Waals surface area contributed by atoms with E-state index in [1.807, 2.05) is 34.9 Å². The number of amides is 2. The van der Waals surface area contributed by atoms with Gasteiger partial charge in [-0.15, -0.1) is 0 Å². The van der Waals surface area contributed by atoms with Crippen molar-refractivity contribution < 1.29 is 28.6 Å². The van der Waals surface area contributed by atoms with E-state index in [2.05, 4.69) is 5.32 Å². The molecule has 0 aliphatic carbocycles. The number of nitrogens with zero attached hydrogens (tertiary/aromatic N) is 2. The molecule has 2 amide bonds. The SMILES string of the molecule is COC(=O)c1ccc(NC(=O)c2ccc3n2Cc2ccccc2N(C(=O)COc2ccc(Cl)cc2)C3)cc1OC. The predicted octanol–water partition coefficient (Wildman–Crippen LogP) is 5.16. The first-order chi connectivity index (χ1) is 19.4. The Labute approximate surface area is 235 Å². The number of para-hydroxylation sites is 1. The highest BCUT2D eigenvalue weighted by Crippen LogP contribution is 2.30. The number of ether oxygens (including phenoxy) is 3. The second kappa shape index (κ2) is 11.5. The molecule has 0 radical (unpaired) electrons. The number of carbonyl (C=O) groups is 3. The largest absolute Gasteiger partial charge is 0.496 e. The third kappa shape index (κ3) is 5.50. The van der Waals surface area contributed by atoms with Crippen molar-refractivity contribution >= 4 is 40.8 Å². The fourth-order valence-electron chi connectivity index (χ4n) is 4.58. The third-order valence-corrected chi connectivity index (χ3v) is 6.83. The molecule has 1 aromatic heterocycles. The first-order valence-corrected chi connectivity index (χ1v) is 12.8. The normalized spacial score (nSPS) is 12.0. The molecule has 1 N–H and O–H groups in total. The number of esters is 1. The Bertz CT molecular complexity index is 1580. The van der Waals surface area contributed by atoms with E-state index in [1.54, 1.807) is 47.4 Å². The van der Waals surface area contributed by atoms with Crippen LogP contribution in [0.25, 0.3) is 0 Å². The zero-order chi connectivity index (χ0) is 28.2. The quantitative estimate of drug-likeness (QED) is 0.314. The van der Waals surface area contributed by atoms with Gasteiger partial charge in [-0.05, 0) is 60.2 Å². The van der Waals surface area contributed by atoms with Gasteiger partial charge in [0, 0.05) is 28.2 Å². The van der Waals surface area contributed by atoms with Crippen molar-refractivity contribution in [2.24, 2.45) is 0 Å². The van der Waals surface area contributed by atoms with Crippen LogP contribution in [0.4, 0.5) is 11.4 Å². The van der Waals surface area contributed by atoms with E-state index in [0.717, 1.165) is 16.9 Å². The number of rotatable bonds is 7. The Balaban J connectivity index is 1.38. The highest BCUT2D eigenvalue weighted by Gasteiger charge is 2.27. The zero-order valence-electron chi connectivity index (χ0n) is 21.8. The van der Waals surface area contributed by atoms with Gasteiger partial charge in [0.25, 0.3) is 11.8 Å². The molecule has 0 fully saturated rings. The molecule has 1 aliphatic heterocycles. The van der Waals surface area contributed by atoms with Crippen molar-refractivity contribution in [2.75, 3.05) is 31.0 Å². The first-order valence-electron chi connectivity index (χ1n) is 12.4. The zero-order valence-corrected chi connectivity index (χ0v) is 22.6. The van der Waals surface area contributed by atoms with E-state index in [9.17, 15) is 14.4 Å². The first kappa shape index (κ1) is 26.8. The summed E-state index contributed by atoms with van der Waals surface area (Å²) in [5, 5.41) is 3.45. The summed E-state index contributed by atoms with van der Waals surface area (Å²) < 4.78 is 17.7. The fraction of sp³-hybridized carbons (Fsp3) is 0.167. The molecular formula is C30H26ClN3O6. The van der Waals surface area contributed by atoms with Crippen LogP contribution in [-0.2, 0) is 22.6 Å². The summed E-state index contributed by atoms with van der Waals surface area (Å²) in [5.41, 5.74) is 3.56. The van der Waals surface area contributed by atoms with Crippen LogP contribution in [0, 0.1) is 0 Å². The monoisotopic (exact) mass is 559 g/mol. The smallest absolute Gasteiger partial charge is 0.341 e. The number of benzene rings is 3. The van der Waals surface area contributed by atoms with Gasteiger partial charge in [-0.2, -0.15) is 0 Å². The average molecular weight is 560 g/mol. The standard InChI is InChI=1S/C30H26ClN3O6/c1-38-27-15-21(9-13-24(27)30(37)39-2)32-29(36)26-14-10-22-17-34(25-6-4-3-5-19(25)16-33(22)26)28(35)18-40-23-11-7-20(31)8-12-23/h3-15H,16-18H2,1-2H3,(H,32,36). The van der Waals surface area contributed by atoms with Gasteiger partial charge in [0.1, 0.15) is 22.8 Å². The van der Waals surface area contributed by atoms with Crippen LogP contribution in [0.15, 0.2) is 78.9 Å². The number of fused-ring (bicyclic) bond motifs is 2. The minimum absolute atomic E-state index is 0.159. The third-order valence-electron chi connectivity index (χ3n) is 6.58. The molecule has 3 aromatic carbocycles. The van der Waals surface area contributed by atoms with Crippen molar-refractivity contribution in [3.63, 3.8) is 0 Å². The molecule has 0 bridgehead atoms. The second-order valence-corrected chi connectivity index (χ2v) is 9.44. The van der Waals surface area contributed by atoms with Crippen LogP contribution in [0.5, 0.6) is 11.5 Å². The van der Waals surface area contributed by atoms with Crippen molar-refractivity contribution in [3.05, 3.63) is 106 Å². The molecule has 2 heterocycles.